The van der Waals surface area contributed by atoms with E-state index in [1.807, 2.05) is 0 Å². The summed E-state index contributed by atoms with van der Waals surface area (Å²) in [4.78, 5) is 11.2. The number of carbonyl (C=O) groups is 1. The molecule has 3 nitrogen and oxygen atoms in total. The van der Waals surface area contributed by atoms with E-state index in [4.69, 9.17) is 0 Å². The topological polar surface area (TPSA) is 41.1 Å². The average Bonchev–Trinajstić information content (AvgIpc) is 2.37. The molecule has 98 valence electrons. The molecule has 0 spiro atoms. The predicted molar refractivity (Wildman–Crippen MR) is 73.7 cm³/mol. The van der Waals surface area contributed by atoms with E-state index < -0.39 is 0 Å². The van der Waals surface area contributed by atoms with Crippen LogP contribution in [0.1, 0.15) is 37.3 Å². The van der Waals surface area contributed by atoms with Gasteiger partial charge in [0, 0.05) is 12.6 Å². The van der Waals surface area contributed by atoms with Crippen LogP contribution in [0, 0.1) is 0 Å². The van der Waals surface area contributed by atoms with Crippen LogP contribution in [0.5, 0.6) is 0 Å². The Morgan fingerprint density at radius 3 is 2.61 bits per heavy atom. The number of amides is 1. The van der Waals surface area contributed by atoms with Crippen molar-refractivity contribution in [3.63, 3.8) is 0 Å². The number of hydrogen-bond acceptors (Lipinski definition) is 2. The first-order valence-electron chi connectivity index (χ1n) is 6.74. The molecule has 1 fully saturated rings. The molecule has 1 aromatic carbocycles. The van der Waals surface area contributed by atoms with Crippen LogP contribution >= 0.6 is 0 Å². The van der Waals surface area contributed by atoms with Crippen molar-refractivity contribution in [3.05, 3.63) is 35.4 Å². The molecule has 0 bridgehead atoms. The highest BCUT2D eigenvalue weighted by Gasteiger charge is 2.16. The van der Waals surface area contributed by atoms with Gasteiger partial charge in [-0.05, 0) is 29.9 Å². The minimum absolute atomic E-state index is 0.112. The Kier molecular flexibility index (Phi) is 4.37. The van der Waals surface area contributed by atoms with E-state index in [1.165, 1.54) is 11.1 Å². The van der Waals surface area contributed by atoms with E-state index in [2.05, 4.69) is 48.7 Å². The van der Waals surface area contributed by atoms with Gasteiger partial charge >= 0.3 is 0 Å². The van der Waals surface area contributed by atoms with Crippen LogP contribution in [0.2, 0.25) is 0 Å². The van der Waals surface area contributed by atoms with Gasteiger partial charge in [-0.15, -0.1) is 0 Å². The maximum Gasteiger partial charge on any atom is 0.234 e. The summed E-state index contributed by atoms with van der Waals surface area (Å²) < 4.78 is 0. The monoisotopic (exact) mass is 246 g/mol. The molecule has 3 heteroatoms. The van der Waals surface area contributed by atoms with Crippen LogP contribution in [-0.4, -0.2) is 25.0 Å². The van der Waals surface area contributed by atoms with Crippen molar-refractivity contribution in [1.82, 2.24) is 10.6 Å². The molecule has 0 radical (unpaired) electrons. The number of piperazine rings is 1. The Bertz CT molecular complexity index is 397. The van der Waals surface area contributed by atoms with Crippen molar-refractivity contribution in [2.75, 3.05) is 13.1 Å². The number of nitrogens with one attached hydrogen (secondary N) is 2. The fourth-order valence-electron chi connectivity index (χ4n) is 2.27. The van der Waals surface area contributed by atoms with Crippen molar-refractivity contribution in [2.45, 2.75) is 38.6 Å². The number of benzene rings is 1. The summed E-state index contributed by atoms with van der Waals surface area (Å²) in [6.07, 6.45) is 2.02. The molecule has 1 amide bonds. The standard InChI is InChI=1S/C15H22N2O/c1-11(2)13-6-3-12(4-7-13)5-8-14-9-16-10-15(18)17-14/h3-4,6-7,11,14,16H,5,8-10H2,1-2H3,(H,17,18). The molecule has 0 saturated carbocycles. The summed E-state index contributed by atoms with van der Waals surface area (Å²) in [7, 11) is 0. The highest BCUT2D eigenvalue weighted by atomic mass is 16.2. The van der Waals surface area contributed by atoms with Crippen LogP contribution in [0.3, 0.4) is 0 Å². The maximum atomic E-state index is 11.2. The van der Waals surface area contributed by atoms with E-state index in [0.717, 1.165) is 19.4 Å². The molecule has 0 aliphatic carbocycles. The first-order valence-corrected chi connectivity index (χ1v) is 6.74. The first-order chi connectivity index (χ1) is 8.65. The van der Waals surface area contributed by atoms with E-state index in [-0.39, 0.29) is 11.9 Å². The SMILES string of the molecule is CC(C)c1ccc(CCC2CNCC(=O)N2)cc1. The van der Waals surface area contributed by atoms with Gasteiger partial charge in [0.05, 0.1) is 6.54 Å². The zero-order chi connectivity index (χ0) is 13.0. The summed E-state index contributed by atoms with van der Waals surface area (Å²) in [5.41, 5.74) is 2.73. The Morgan fingerprint density at radius 1 is 1.28 bits per heavy atom. The molecule has 1 heterocycles. The van der Waals surface area contributed by atoms with Crippen molar-refractivity contribution in [3.8, 4) is 0 Å². The lowest BCUT2D eigenvalue weighted by molar-refractivity contribution is -0.122. The fourth-order valence-corrected chi connectivity index (χ4v) is 2.27. The number of rotatable bonds is 4. The zero-order valence-corrected chi connectivity index (χ0v) is 11.2. The van der Waals surface area contributed by atoms with Crippen molar-refractivity contribution in [1.29, 1.82) is 0 Å². The molecule has 1 unspecified atom stereocenters. The third-order valence-corrected chi connectivity index (χ3v) is 3.47. The summed E-state index contributed by atoms with van der Waals surface area (Å²) >= 11 is 0. The van der Waals surface area contributed by atoms with Gasteiger partial charge in [0.1, 0.15) is 0 Å². The van der Waals surface area contributed by atoms with E-state index in [0.29, 0.717) is 12.5 Å². The first kappa shape index (κ1) is 13.1. The summed E-state index contributed by atoms with van der Waals surface area (Å²) in [5, 5.41) is 6.15. The smallest absolute Gasteiger partial charge is 0.234 e. The number of hydrogen-bond donors (Lipinski definition) is 2. The number of aryl methyl sites for hydroxylation is 1. The van der Waals surface area contributed by atoms with Crippen molar-refractivity contribution < 1.29 is 4.79 Å². The Balaban J connectivity index is 1.84. The lowest BCUT2D eigenvalue weighted by Gasteiger charge is -2.24. The molecule has 1 saturated heterocycles. The Hall–Kier alpha value is -1.35. The van der Waals surface area contributed by atoms with Gasteiger partial charge in [-0.1, -0.05) is 38.1 Å². The number of carbonyl (C=O) groups excluding carboxylic acids is 1. The maximum absolute atomic E-state index is 11.2. The van der Waals surface area contributed by atoms with E-state index in [9.17, 15) is 4.79 Å². The molecule has 1 atom stereocenters. The fraction of sp³-hybridized carbons (Fsp3) is 0.533. The minimum atomic E-state index is 0.112. The predicted octanol–water partition coefficient (Wildman–Crippen LogP) is 1.83. The van der Waals surface area contributed by atoms with Crippen LogP contribution < -0.4 is 10.6 Å². The van der Waals surface area contributed by atoms with Gasteiger partial charge in [-0.3, -0.25) is 4.79 Å². The average molecular weight is 246 g/mol. The lowest BCUT2D eigenvalue weighted by atomic mass is 9.99. The molecular weight excluding hydrogens is 224 g/mol. The zero-order valence-electron chi connectivity index (χ0n) is 11.2. The molecule has 1 aliphatic rings. The van der Waals surface area contributed by atoms with E-state index in [1.54, 1.807) is 0 Å². The largest absolute Gasteiger partial charge is 0.351 e. The lowest BCUT2D eigenvalue weighted by Crippen LogP contribution is -2.52. The molecule has 1 aromatic rings. The molecule has 2 N–H and O–H groups in total. The van der Waals surface area contributed by atoms with Gasteiger partial charge in [-0.25, -0.2) is 0 Å². The quantitative estimate of drug-likeness (QED) is 0.851. The van der Waals surface area contributed by atoms with E-state index >= 15 is 0 Å². The highest BCUT2D eigenvalue weighted by Crippen LogP contribution is 2.15. The molecule has 0 aromatic heterocycles. The summed E-state index contributed by atoms with van der Waals surface area (Å²) in [6, 6.07) is 9.09. The van der Waals surface area contributed by atoms with Crippen LogP contribution in [0.25, 0.3) is 0 Å². The van der Waals surface area contributed by atoms with Gasteiger partial charge in [0.25, 0.3) is 0 Å². The van der Waals surface area contributed by atoms with Gasteiger partial charge in [0.2, 0.25) is 5.91 Å². The molecule has 18 heavy (non-hydrogen) atoms. The van der Waals surface area contributed by atoms with Gasteiger partial charge < -0.3 is 10.6 Å². The minimum Gasteiger partial charge on any atom is -0.351 e. The second-order valence-electron chi connectivity index (χ2n) is 5.33. The van der Waals surface area contributed by atoms with Crippen LogP contribution in [-0.2, 0) is 11.2 Å². The van der Waals surface area contributed by atoms with Gasteiger partial charge in [0.15, 0.2) is 0 Å². The third-order valence-electron chi connectivity index (χ3n) is 3.47. The molecular formula is C15H22N2O. The Morgan fingerprint density at radius 2 is 2.00 bits per heavy atom. The third kappa shape index (κ3) is 3.57. The normalized spacial score (nSPS) is 19.9. The van der Waals surface area contributed by atoms with Crippen molar-refractivity contribution in [2.24, 2.45) is 0 Å². The summed E-state index contributed by atoms with van der Waals surface area (Å²) in [5.74, 6) is 0.697. The van der Waals surface area contributed by atoms with Crippen LogP contribution in [0.15, 0.2) is 24.3 Å². The highest BCUT2D eigenvalue weighted by molar-refractivity contribution is 5.79. The molecule has 2 rings (SSSR count). The summed E-state index contributed by atoms with van der Waals surface area (Å²) in [6.45, 7) is 5.76. The van der Waals surface area contributed by atoms with Crippen molar-refractivity contribution >= 4 is 5.91 Å². The second kappa shape index (κ2) is 6.01. The Labute approximate surface area is 109 Å². The van der Waals surface area contributed by atoms with Gasteiger partial charge in [-0.2, -0.15) is 0 Å². The van der Waals surface area contributed by atoms with Crippen LogP contribution in [0.4, 0.5) is 0 Å². The molecule has 1 aliphatic heterocycles. The second-order valence-corrected chi connectivity index (χ2v) is 5.33.